The highest BCUT2D eigenvalue weighted by Crippen LogP contribution is 2.35. The number of hydrogen-bond acceptors (Lipinski definition) is 9. The van der Waals surface area contributed by atoms with E-state index in [1.54, 1.807) is 29.0 Å². The fourth-order valence-corrected chi connectivity index (χ4v) is 7.02. The summed E-state index contributed by atoms with van der Waals surface area (Å²) in [5, 5.41) is 5.15. The summed E-state index contributed by atoms with van der Waals surface area (Å²) in [4.78, 5) is 47.5. The van der Waals surface area contributed by atoms with E-state index >= 15 is 0 Å². The van der Waals surface area contributed by atoms with Crippen molar-refractivity contribution in [1.82, 2.24) is 29.3 Å². The molecule has 3 aromatic heterocycles. The van der Waals surface area contributed by atoms with E-state index < -0.39 is 0 Å². The van der Waals surface area contributed by atoms with Crippen LogP contribution in [0.2, 0.25) is 0 Å². The fourth-order valence-electron chi connectivity index (χ4n) is 5.91. The van der Waals surface area contributed by atoms with Crippen molar-refractivity contribution >= 4 is 45.6 Å². The smallest absolute Gasteiger partial charge is 0.261 e. The van der Waals surface area contributed by atoms with Crippen LogP contribution >= 0.6 is 11.3 Å². The van der Waals surface area contributed by atoms with Gasteiger partial charge in [-0.1, -0.05) is 0 Å². The van der Waals surface area contributed by atoms with Crippen molar-refractivity contribution in [3.63, 3.8) is 0 Å². The number of thiazole rings is 1. The molecule has 0 spiro atoms. The Morgan fingerprint density at radius 3 is 2.43 bits per heavy atom. The molecule has 2 fully saturated rings. The van der Waals surface area contributed by atoms with Gasteiger partial charge in [0.2, 0.25) is 11.9 Å². The predicted molar refractivity (Wildman–Crippen MR) is 169 cm³/mol. The van der Waals surface area contributed by atoms with Gasteiger partial charge >= 0.3 is 0 Å². The summed E-state index contributed by atoms with van der Waals surface area (Å²) in [6.45, 7) is 11.8. The highest BCUT2D eigenvalue weighted by Gasteiger charge is 2.26. The Kier molecular flexibility index (Phi) is 7.96. The second-order valence-corrected chi connectivity index (χ2v) is 12.5. The van der Waals surface area contributed by atoms with Crippen LogP contribution in [-0.4, -0.2) is 81.5 Å². The topological polar surface area (TPSA) is 99.5 Å². The van der Waals surface area contributed by atoms with Crippen molar-refractivity contribution in [2.75, 3.05) is 56.5 Å². The van der Waals surface area contributed by atoms with Gasteiger partial charge in [-0.2, -0.15) is 4.98 Å². The lowest BCUT2D eigenvalue weighted by molar-refractivity contribution is -0.129. The van der Waals surface area contributed by atoms with E-state index in [1.807, 2.05) is 36.9 Å². The molecule has 2 saturated heterocycles. The van der Waals surface area contributed by atoms with Gasteiger partial charge in [0.15, 0.2) is 0 Å². The number of benzene rings is 1. The highest BCUT2D eigenvalue weighted by atomic mass is 32.1. The Hall–Kier alpha value is -3.83. The van der Waals surface area contributed by atoms with Gasteiger partial charge in [-0.25, -0.2) is 9.97 Å². The van der Waals surface area contributed by atoms with Crippen molar-refractivity contribution in [3.05, 3.63) is 56.8 Å². The first-order valence-corrected chi connectivity index (χ1v) is 15.6. The maximum absolute atomic E-state index is 13.7. The number of pyridine rings is 1. The molecular formula is C31H38N8O2S. The van der Waals surface area contributed by atoms with E-state index in [0.29, 0.717) is 29.6 Å². The summed E-state index contributed by atoms with van der Waals surface area (Å²) in [7, 11) is 2.16. The number of nitrogens with one attached hydrogen (secondary N) is 1. The molecule has 1 aromatic carbocycles. The fraction of sp³-hybridized carbons (Fsp3) is 0.452. The van der Waals surface area contributed by atoms with Crippen LogP contribution in [0.25, 0.3) is 22.3 Å². The molecule has 6 rings (SSSR count). The first-order valence-electron chi connectivity index (χ1n) is 14.7. The summed E-state index contributed by atoms with van der Waals surface area (Å²) in [6, 6.07) is 10.2. The van der Waals surface area contributed by atoms with E-state index in [2.05, 4.69) is 39.3 Å². The van der Waals surface area contributed by atoms with Crippen molar-refractivity contribution in [2.45, 2.75) is 46.1 Å². The molecule has 0 atom stereocenters. The van der Waals surface area contributed by atoms with E-state index in [-0.39, 0.29) is 11.5 Å². The summed E-state index contributed by atoms with van der Waals surface area (Å²) < 4.78 is 1.71. The van der Waals surface area contributed by atoms with E-state index in [4.69, 9.17) is 9.97 Å². The van der Waals surface area contributed by atoms with Gasteiger partial charge in [0.05, 0.1) is 16.3 Å². The number of aromatic nitrogens is 4. The largest absolute Gasteiger partial charge is 0.369 e. The molecule has 1 amide bonds. The zero-order valence-electron chi connectivity index (χ0n) is 24.8. The summed E-state index contributed by atoms with van der Waals surface area (Å²) >= 11 is 1.66. The number of nitrogens with zero attached hydrogens (tertiary/aromatic N) is 7. The van der Waals surface area contributed by atoms with Crippen LogP contribution in [0.5, 0.6) is 0 Å². The van der Waals surface area contributed by atoms with Gasteiger partial charge in [0.25, 0.3) is 5.56 Å². The number of likely N-dealkylation sites (tertiary alicyclic amines) is 1. The average molecular weight is 587 g/mol. The van der Waals surface area contributed by atoms with E-state index in [1.165, 1.54) is 5.69 Å². The molecule has 5 heterocycles. The van der Waals surface area contributed by atoms with Crippen molar-refractivity contribution in [2.24, 2.45) is 0 Å². The van der Waals surface area contributed by atoms with Gasteiger partial charge < -0.3 is 20.0 Å². The van der Waals surface area contributed by atoms with Crippen LogP contribution < -0.4 is 15.8 Å². The average Bonchev–Trinajstić information content (AvgIpc) is 3.39. The Balaban J connectivity index is 1.24. The molecular weight excluding hydrogens is 548 g/mol. The Labute approximate surface area is 250 Å². The SMILES string of the molecule is CCn1c(=O)c(-c2nc(C3CCN(C(C)=O)CC3)sc2C)cc2cnc(Nc3ccc(N4CCN(C)CC4)cc3)nc21. The summed E-state index contributed by atoms with van der Waals surface area (Å²) in [6.07, 6.45) is 3.56. The standard InChI is InChI=1S/C31H38N8O2S/c1-5-39-28-23(19-32-31(35-28)33-24-6-8-25(9-7-24)38-16-14-36(4)15-17-38)18-26(30(39)41)27-20(2)42-29(34-27)22-10-12-37(13-11-22)21(3)40/h6-9,18-19,22H,5,10-17H2,1-4H3,(H,32,33,35). The molecule has 42 heavy (non-hydrogen) atoms. The lowest BCUT2D eigenvalue weighted by Gasteiger charge is -2.34. The van der Waals surface area contributed by atoms with Crippen molar-refractivity contribution in [1.29, 1.82) is 0 Å². The zero-order chi connectivity index (χ0) is 29.4. The number of piperidine rings is 1. The number of likely N-dealkylation sites (N-methyl/N-ethyl adjacent to an activating group) is 1. The summed E-state index contributed by atoms with van der Waals surface area (Å²) in [5.74, 6) is 0.883. The van der Waals surface area contributed by atoms with Gasteiger partial charge in [0.1, 0.15) is 5.65 Å². The second kappa shape index (κ2) is 11.8. The number of aryl methyl sites for hydroxylation is 2. The first kappa shape index (κ1) is 28.3. The molecule has 2 aliphatic rings. The van der Waals surface area contributed by atoms with Crippen LogP contribution in [0.4, 0.5) is 17.3 Å². The number of amides is 1. The van der Waals surface area contributed by atoms with E-state index in [9.17, 15) is 9.59 Å². The van der Waals surface area contributed by atoms with Crippen LogP contribution in [0.1, 0.15) is 42.5 Å². The second-order valence-electron chi connectivity index (χ2n) is 11.3. The number of carbonyl (C=O) groups is 1. The molecule has 0 aliphatic carbocycles. The number of fused-ring (bicyclic) bond motifs is 1. The lowest BCUT2D eigenvalue weighted by atomic mass is 9.97. The number of piperazine rings is 1. The number of anilines is 3. The molecule has 0 unspecified atom stereocenters. The van der Waals surface area contributed by atoms with Gasteiger partial charge in [0, 0.05) is 86.5 Å². The maximum atomic E-state index is 13.7. The molecule has 2 aliphatic heterocycles. The minimum atomic E-state index is -0.0995. The third-order valence-corrected chi connectivity index (χ3v) is 9.63. The molecule has 0 radical (unpaired) electrons. The highest BCUT2D eigenvalue weighted by molar-refractivity contribution is 7.12. The Bertz CT molecular complexity index is 1650. The van der Waals surface area contributed by atoms with Gasteiger partial charge in [-0.15, -0.1) is 11.3 Å². The molecule has 11 heteroatoms. The Morgan fingerprint density at radius 2 is 1.76 bits per heavy atom. The number of carbonyl (C=O) groups excluding carboxylic acids is 1. The van der Waals surface area contributed by atoms with E-state index in [0.717, 1.165) is 78.8 Å². The first-order chi connectivity index (χ1) is 20.3. The summed E-state index contributed by atoms with van der Waals surface area (Å²) in [5.41, 5.74) is 3.92. The van der Waals surface area contributed by atoms with Crippen molar-refractivity contribution < 1.29 is 4.79 Å². The molecule has 0 saturated carbocycles. The lowest BCUT2D eigenvalue weighted by Crippen LogP contribution is -2.44. The Morgan fingerprint density at radius 1 is 1.05 bits per heavy atom. The minimum absolute atomic E-state index is 0.0995. The third-order valence-electron chi connectivity index (χ3n) is 8.49. The molecule has 10 nitrogen and oxygen atoms in total. The van der Waals surface area contributed by atoms with Crippen LogP contribution in [0.15, 0.2) is 41.3 Å². The monoisotopic (exact) mass is 586 g/mol. The minimum Gasteiger partial charge on any atom is -0.369 e. The number of rotatable bonds is 6. The third kappa shape index (κ3) is 5.63. The van der Waals surface area contributed by atoms with Gasteiger partial charge in [-0.3, -0.25) is 14.2 Å². The predicted octanol–water partition coefficient (Wildman–Crippen LogP) is 4.46. The van der Waals surface area contributed by atoms with Crippen LogP contribution in [0.3, 0.4) is 0 Å². The molecule has 0 bridgehead atoms. The molecule has 220 valence electrons. The maximum Gasteiger partial charge on any atom is 0.261 e. The molecule has 1 N–H and O–H groups in total. The molecule has 4 aromatic rings. The van der Waals surface area contributed by atoms with Crippen LogP contribution in [0, 0.1) is 6.92 Å². The quantitative estimate of drug-likeness (QED) is 0.354. The zero-order valence-corrected chi connectivity index (χ0v) is 25.6. The van der Waals surface area contributed by atoms with Crippen molar-refractivity contribution in [3.8, 4) is 11.3 Å². The normalized spacial score (nSPS) is 16.8. The van der Waals surface area contributed by atoms with Crippen LogP contribution in [-0.2, 0) is 11.3 Å². The number of hydrogen-bond donors (Lipinski definition) is 1. The van der Waals surface area contributed by atoms with Gasteiger partial charge in [-0.05, 0) is 64.1 Å².